The van der Waals surface area contributed by atoms with Gasteiger partial charge in [-0.05, 0) is 38.1 Å². The number of nitrogens with zero attached hydrogens (tertiary/aromatic N) is 1. The van der Waals surface area contributed by atoms with Gasteiger partial charge < -0.3 is 10.2 Å². The Bertz CT molecular complexity index is 737. The van der Waals surface area contributed by atoms with Crippen LogP contribution >= 0.6 is 0 Å². The molecule has 2 aromatic carbocycles. The number of nitrogens with one attached hydrogen (secondary N) is 1. The van der Waals surface area contributed by atoms with Crippen LogP contribution in [0, 0.1) is 13.8 Å². The van der Waals surface area contributed by atoms with Crippen LogP contribution in [-0.2, 0) is 4.79 Å². The first-order valence-electron chi connectivity index (χ1n) is 7.77. The van der Waals surface area contributed by atoms with E-state index in [9.17, 15) is 9.59 Å². The van der Waals surface area contributed by atoms with Crippen molar-refractivity contribution in [2.45, 2.75) is 26.3 Å². The third kappa shape index (κ3) is 3.42. The Morgan fingerprint density at radius 3 is 2.52 bits per heavy atom. The molecule has 0 radical (unpaired) electrons. The van der Waals surface area contributed by atoms with Gasteiger partial charge in [0.05, 0.1) is 6.04 Å². The molecule has 1 aliphatic heterocycles. The lowest BCUT2D eigenvalue weighted by Gasteiger charge is -2.17. The van der Waals surface area contributed by atoms with Gasteiger partial charge in [-0.2, -0.15) is 0 Å². The number of benzene rings is 2. The van der Waals surface area contributed by atoms with Crippen molar-refractivity contribution < 1.29 is 9.59 Å². The van der Waals surface area contributed by atoms with Gasteiger partial charge in [0.1, 0.15) is 0 Å². The van der Waals surface area contributed by atoms with Gasteiger partial charge in [0, 0.05) is 24.2 Å². The number of carbonyl (C=O) groups is 2. The van der Waals surface area contributed by atoms with Crippen LogP contribution in [0.25, 0.3) is 0 Å². The van der Waals surface area contributed by atoms with E-state index >= 15 is 0 Å². The molecule has 0 aliphatic carbocycles. The molecule has 1 aliphatic rings. The number of amides is 2. The van der Waals surface area contributed by atoms with Crippen molar-refractivity contribution in [1.29, 1.82) is 0 Å². The molecular weight excluding hydrogens is 288 g/mol. The zero-order chi connectivity index (χ0) is 16.4. The first-order chi connectivity index (χ1) is 11.0. The smallest absolute Gasteiger partial charge is 0.251 e. The summed E-state index contributed by atoms with van der Waals surface area (Å²) in [5, 5.41) is 2.96. The molecule has 0 saturated carbocycles. The highest BCUT2D eigenvalue weighted by atomic mass is 16.2. The fourth-order valence-electron chi connectivity index (χ4n) is 2.83. The summed E-state index contributed by atoms with van der Waals surface area (Å²) in [4.78, 5) is 26.3. The maximum atomic E-state index is 12.3. The van der Waals surface area contributed by atoms with Crippen molar-refractivity contribution >= 4 is 17.5 Å². The minimum atomic E-state index is -0.156. The Morgan fingerprint density at radius 2 is 1.83 bits per heavy atom. The summed E-state index contributed by atoms with van der Waals surface area (Å²) >= 11 is 0. The maximum absolute atomic E-state index is 12.3. The lowest BCUT2D eigenvalue weighted by molar-refractivity contribution is -0.117. The first kappa shape index (κ1) is 15.3. The molecular formula is C19H20N2O2. The second-order valence-electron chi connectivity index (χ2n) is 6.08. The molecule has 0 aromatic heterocycles. The Morgan fingerprint density at radius 1 is 1.09 bits per heavy atom. The molecule has 1 N–H and O–H groups in total. The van der Waals surface area contributed by atoms with Crippen molar-refractivity contribution in [3.05, 3.63) is 65.2 Å². The molecule has 1 atom stereocenters. The second-order valence-corrected chi connectivity index (χ2v) is 6.08. The van der Waals surface area contributed by atoms with Gasteiger partial charge in [0.15, 0.2) is 0 Å². The minimum absolute atomic E-state index is 0.0448. The van der Waals surface area contributed by atoms with E-state index in [0.29, 0.717) is 18.5 Å². The molecule has 1 heterocycles. The van der Waals surface area contributed by atoms with E-state index in [4.69, 9.17) is 0 Å². The SMILES string of the molecule is Cc1ccc(N2CC(NC(=O)c3cccc(C)c3)CC2=O)cc1. The Balaban J connectivity index is 1.68. The predicted octanol–water partition coefficient (Wildman–Crippen LogP) is 2.84. The van der Waals surface area contributed by atoms with E-state index in [1.165, 1.54) is 0 Å². The Hall–Kier alpha value is -2.62. The maximum Gasteiger partial charge on any atom is 0.251 e. The molecule has 4 nitrogen and oxygen atoms in total. The van der Waals surface area contributed by atoms with Crippen molar-refractivity contribution in [3.63, 3.8) is 0 Å². The third-order valence-electron chi connectivity index (χ3n) is 4.09. The highest BCUT2D eigenvalue weighted by molar-refractivity contribution is 5.99. The summed E-state index contributed by atoms with van der Waals surface area (Å²) < 4.78 is 0. The summed E-state index contributed by atoms with van der Waals surface area (Å²) in [7, 11) is 0. The van der Waals surface area contributed by atoms with E-state index in [1.54, 1.807) is 11.0 Å². The van der Waals surface area contributed by atoms with E-state index in [0.717, 1.165) is 16.8 Å². The molecule has 23 heavy (non-hydrogen) atoms. The van der Waals surface area contributed by atoms with E-state index in [-0.39, 0.29) is 17.9 Å². The molecule has 118 valence electrons. The summed E-state index contributed by atoms with van der Waals surface area (Å²) in [5.41, 5.74) is 3.71. The number of aryl methyl sites for hydroxylation is 2. The van der Waals surface area contributed by atoms with Crippen LogP contribution in [0.4, 0.5) is 5.69 Å². The zero-order valence-corrected chi connectivity index (χ0v) is 13.4. The summed E-state index contributed by atoms with van der Waals surface area (Å²) in [6.45, 7) is 4.48. The topological polar surface area (TPSA) is 49.4 Å². The predicted molar refractivity (Wildman–Crippen MR) is 90.6 cm³/mol. The molecule has 0 spiro atoms. The lowest BCUT2D eigenvalue weighted by atomic mass is 10.1. The van der Waals surface area contributed by atoms with Crippen LogP contribution in [-0.4, -0.2) is 24.4 Å². The highest BCUT2D eigenvalue weighted by Gasteiger charge is 2.31. The van der Waals surface area contributed by atoms with Crippen LogP contribution in [0.2, 0.25) is 0 Å². The normalized spacial score (nSPS) is 17.4. The third-order valence-corrected chi connectivity index (χ3v) is 4.09. The summed E-state index contributed by atoms with van der Waals surface area (Å²) in [6.07, 6.45) is 0.339. The lowest BCUT2D eigenvalue weighted by Crippen LogP contribution is -2.37. The van der Waals surface area contributed by atoms with E-state index in [1.807, 2.05) is 56.3 Å². The van der Waals surface area contributed by atoms with Crippen LogP contribution in [0.5, 0.6) is 0 Å². The van der Waals surface area contributed by atoms with Crippen LogP contribution in [0.1, 0.15) is 27.9 Å². The van der Waals surface area contributed by atoms with E-state index < -0.39 is 0 Å². The van der Waals surface area contributed by atoms with Crippen molar-refractivity contribution in [2.75, 3.05) is 11.4 Å². The number of hydrogen-bond acceptors (Lipinski definition) is 2. The van der Waals surface area contributed by atoms with Crippen LogP contribution in [0.3, 0.4) is 0 Å². The van der Waals surface area contributed by atoms with Gasteiger partial charge in [0.2, 0.25) is 5.91 Å². The summed E-state index contributed by atoms with van der Waals surface area (Å²) in [5.74, 6) is -0.0827. The van der Waals surface area contributed by atoms with Gasteiger partial charge in [-0.15, -0.1) is 0 Å². The first-order valence-corrected chi connectivity index (χ1v) is 7.77. The largest absolute Gasteiger partial charge is 0.347 e. The fraction of sp³-hybridized carbons (Fsp3) is 0.263. The van der Waals surface area contributed by atoms with Crippen molar-refractivity contribution in [1.82, 2.24) is 5.32 Å². The number of rotatable bonds is 3. The minimum Gasteiger partial charge on any atom is -0.347 e. The quantitative estimate of drug-likeness (QED) is 0.948. The second kappa shape index (κ2) is 6.24. The average Bonchev–Trinajstić information content (AvgIpc) is 2.88. The average molecular weight is 308 g/mol. The van der Waals surface area contributed by atoms with E-state index in [2.05, 4.69) is 5.32 Å². The molecule has 1 unspecified atom stereocenters. The van der Waals surface area contributed by atoms with Gasteiger partial charge in [-0.25, -0.2) is 0 Å². The van der Waals surface area contributed by atoms with Gasteiger partial charge >= 0.3 is 0 Å². The van der Waals surface area contributed by atoms with Gasteiger partial charge in [-0.3, -0.25) is 9.59 Å². The molecule has 2 amide bonds. The monoisotopic (exact) mass is 308 g/mol. The van der Waals surface area contributed by atoms with Gasteiger partial charge in [-0.1, -0.05) is 35.4 Å². The van der Waals surface area contributed by atoms with Crippen LogP contribution < -0.4 is 10.2 Å². The molecule has 1 fully saturated rings. The van der Waals surface area contributed by atoms with Crippen LogP contribution in [0.15, 0.2) is 48.5 Å². The summed E-state index contributed by atoms with van der Waals surface area (Å²) in [6, 6.07) is 15.2. The molecule has 3 rings (SSSR count). The molecule has 1 saturated heterocycles. The fourth-order valence-corrected chi connectivity index (χ4v) is 2.83. The Kier molecular flexibility index (Phi) is 4.15. The highest BCUT2D eigenvalue weighted by Crippen LogP contribution is 2.22. The van der Waals surface area contributed by atoms with Crippen molar-refractivity contribution in [2.24, 2.45) is 0 Å². The van der Waals surface area contributed by atoms with Gasteiger partial charge in [0.25, 0.3) is 5.91 Å². The molecule has 0 bridgehead atoms. The van der Waals surface area contributed by atoms with Crippen molar-refractivity contribution in [3.8, 4) is 0 Å². The number of carbonyl (C=O) groups excluding carboxylic acids is 2. The number of anilines is 1. The molecule has 2 aromatic rings. The standard InChI is InChI=1S/C19H20N2O2/c1-13-6-8-17(9-7-13)21-12-16(11-18(21)22)20-19(23)15-5-3-4-14(2)10-15/h3-10,16H,11-12H2,1-2H3,(H,20,23). The number of hydrogen-bond donors (Lipinski definition) is 1. The zero-order valence-electron chi connectivity index (χ0n) is 13.4. The molecule has 4 heteroatoms. The Labute approximate surface area is 136 Å².